The summed E-state index contributed by atoms with van der Waals surface area (Å²) in [6.45, 7) is 4.09. The van der Waals surface area contributed by atoms with Crippen molar-refractivity contribution in [3.8, 4) is 0 Å². The number of hydrazine groups is 1. The average Bonchev–Trinajstić information content (AvgIpc) is 2.92. The minimum Gasteiger partial charge on any atom is -0.361 e. The van der Waals surface area contributed by atoms with Crippen LogP contribution in [0.5, 0.6) is 0 Å². The van der Waals surface area contributed by atoms with Crippen molar-refractivity contribution in [1.29, 1.82) is 0 Å². The van der Waals surface area contributed by atoms with E-state index in [4.69, 9.17) is 5.84 Å². The number of nitrogens with one attached hydrogen (secondary N) is 2. The Morgan fingerprint density at radius 2 is 2.11 bits per heavy atom. The summed E-state index contributed by atoms with van der Waals surface area (Å²) in [6, 6.07) is 0.107. The molecule has 0 fully saturated rings. The molecule has 0 aliphatic carbocycles. The Morgan fingerprint density at radius 1 is 1.33 bits per heavy atom. The van der Waals surface area contributed by atoms with Gasteiger partial charge in [0, 0.05) is 17.1 Å². The zero-order valence-electron chi connectivity index (χ0n) is 10.3. The van der Waals surface area contributed by atoms with Gasteiger partial charge in [-0.1, -0.05) is 6.92 Å². The van der Waals surface area contributed by atoms with E-state index in [1.165, 1.54) is 6.33 Å². The first kappa shape index (κ1) is 12.7. The van der Waals surface area contributed by atoms with Crippen molar-refractivity contribution >= 4 is 23.0 Å². The van der Waals surface area contributed by atoms with Crippen molar-refractivity contribution in [2.75, 3.05) is 10.7 Å². The minimum absolute atomic E-state index is 0.107. The second kappa shape index (κ2) is 5.74. The molecule has 0 aromatic carbocycles. The highest BCUT2D eigenvalue weighted by Gasteiger charge is 2.13. The van der Waals surface area contributed by atoms with E-state index in [1.807, 2.05) is 12.3 Å². The quantitative estimate of drug-likeness (QED) is 0.565. The molecule has 0 aliphatic rings. The van der Waals surface area contributed by atoms with E-state index in [9.17, 15) is 0 Å². The molecule has 0 amide bonds. The third-order valence-corrected chi connectivity index (χ3v) is 3.57. The van der Waals surface area contributed by atoms with Gasteiger partial charge in [-0.3, -0.25) is 0 Å². The lowest BCUT2D eigenvalue weighted by Crippen LogP contribution is -2.15. The molecule has 0 spiro atoms. The average molecular weight is 264 g/mol. The smallest absolute Gasteiger partial charge is 0.148 e. The largest absolute Gasteiger partial charge is 0.361 e. The predicted octanol–water partition coefficient (Wildman–Crippen LogP) is 1.95. The first-order chi connectivity index (χ1) is 8.76. The molecule has 0 bridgehead atoms. The van der Waals surface area contributed by atoms with E-state index in [1.54, 1.807) is 17.5 Å². The van der Waals surface area contributed by atoms with Gasteiger partial charge in [-0.25, -0.2) is 20.8 Å². The van der Waals surface area contributed by atoms with E-state index in [2.05, 4.69) is 32.6 Å². The van der Waals surface area contributed by atoms with Gasteiger partial charge in [-0.05, 0) is 13.3 Å². The van der Waals surface area contributed by atoms with Crippen molar-refractivity contribution in [1.82, 2.24) is 15.0 Å². The summed E-state index contributed by atoms with van der Waals surface area (Å²) >= 11 is 1.62. The highest BCUT2D eigenvalue weighted by atomic mass is 32.1. The third kappa shape index (κ3) is 2.57. The highest BCUT2D eigenvalue weighted by Crippen LogP contribution is 2.25. The lowest BCUT2D eigenvalue weighted by atomic mass is 10.2. The standard InChI is InChI=1S/C11H16N6S/c1-3-8-9(14-6-15-10(8)17-12)16-7(2)11-13-4-5-18-11/h4-7H,3,12H2,1-2H3,(H2,14,15,16,17). The molecule has 96 valence electrons. The van der Waals surface area contributed by atoms with Gasteiger partial charge >= 0.3 is 0 Å². The number of nitrogen functional groups attached to an aromatic ring is 1. The third-order valence-electron chi connectivity index (χ3n) is 2.61. The number of hydrogen-bond acceptors (Lipinski definition) is 7. The topological polar surface area (TPSA) is 88.8 Å². The van der Waals surface area contributed by atoms with Gasteiger partial charge in [0.05, 0.1) is 6.04 Å². The molecule has 2 aromatic heterocycles. The monoisotopic (exact) mass is 264 g/mol. The zero-order chi connectivity index (χ0) is 13.0. The SMILES string of the molecule is CCc1c(NN)ncnc1NC(C)c1nccs1. The van der Waals surface area contributed by atoms with Gasteiger partial charge in [-0.2, -0.15) is 0 Å². The maximum Gasteiger partial charge on any atom is 0.148 e. The maximum atomic E-state index is 5.44. The fraction of sp³-hybridized carbons (Fsp3) is 0.364. The molecule has 4 N–H and O–H groups in total. The Balaban J connectivity index is 2.23. The molecular formula is C11H16N6S. The summed E-state index contributed by atoms with van der Waals surface area (Å²) in [7, 11) is 0. The van der Waals surface area contributed by atoms with Gasteiger partial charge in [0.25, 0.3) is 0 Å². The van der Waals surface area contributed by atoms with E-state index >= 15 is 0 Å². The fourth-order valence-electron chi connectivity index (χ4n) is 1.71. The molecule has 18 heavy (non-hydrogen) atoms. The Kier molecular flexibility index (Phi) is 4.06. The summed E-state index contributed by atoms with van der Waals surface area (Å²) in [5.41, 5.74) is 3.57. The van der Waals surface area contributed by atoms with Crippen LogP contribution in [-0.4, -0.2) is 15.0 Å². The van der Waals surface area contributed by atoms with E-state index < -0.39 is 0 Å². The van der Waals surface area contributed by atoms with Crippen LogP contribution >= 0.6 is 11.3 Å². The highest BCUT2D eigenvalue weighted by molar-refractivity contribution is 7.09. The van der Waals surface area contributed by atoms with Crippen LogP contribution in [0.1, 0.15) is 30.5 Å². The molecule has 2 aromatic rings. The van der Waals surface area contributed by atoms with Gasteiger partial charge in [-0.15, -0.1) is 11.3 Å². The fourth-order valence-corrected chi connectivity index (χ4v) is 2.36. The number of thiazole rings is 1. The molecule has 6 nitrogen and oxygen atoms in total. The van der Waals surface area contributed by atoms with Crippen LogP contribution in [0.4, 0.5) is 11.6 Å². The van der Waals surface area contributed by atoms with E-state index in [0.29, 0.717) is 5.82 Å². The van der Waals surface area contributed by atoms with Crippen LogP contribution in [0, 0.1) is 0 Å². The number of anilines is 2. The Labute approximate surface area is 110 Å². The zero-order valence-corrected chi connectivity index (χ0v) is 11.2. The van der Waals surface area contributed by atoms with Gasteiger partial charge in [0.2, 0.25) is 0 Å². The van der Waals surface area contributed by atoms with E-state index in [-0.39, 0.29) is 6.04 Å². The lowest BCUT2D eigenvalue weighted by Gasteiger charge is -2.16. The van der Waals surface area contributed by atoms with Gasteiger partial charge in [0.1, 0.15) is 23.0 Å². The van der Waals surface area contributed by atoms with E-state index in [0.717, 1.165) is 22.8 Å². The van der Waals surface area contributed by atoms with Crippen molar-refractivity contribution in [3.63, 3.8) is 0 Å². The van der Waals surface area contributed by atoms with Crippen LogP contribution in [0.3, 0.4) is 0 Å². The van der Waals surface area contributed by atoms with Crippen LogP contribution in [0.25, 0.3) is 0 Å². The molecular weight excluding hydrogens is 248 g/mol. The Hall–Kier alpha value is -1.73. The van der Waals surface area contributed by atoms with Crippen LogP contribution in [-0.2, 0) is 6.42 Å². The summed E-state index contributed by atoms with van der Waals surface area (Å²) in [5, 5.41) is 6.33. The van der Waals surface area contributed by atoms with Crippen LogP contribution in [0.15, 0.2) is 17.9 Å². The van der Waals surface area contributed by atoms with Crippen LogP contribution < -0.4 is 16.6 Å². The molecule has 7 heteroatoms. The number of rotatable bonds is 5. The van der Waals surface area contributed by atoms with Crippen molar-refractivity contribution in [2.24, 2.45) is 5.84 Å². The van der Waals surface area contributed by atoms with Crippen molar-refractivity contribution in [2.45, 2.75) is 26.3 Å². The molecule has 0 aliphatic heterocycles. The molecule has 1 unspecified atom stereocenters. The van der Waals surface area contributed by atoms with Crippen molar-refractivity contribution < 1.29 is 0 Å². The van der Waals surface area contributed by atoms with Crippen molar-refractivity contribution in [3.05, 3.63) is 28.5 Å². The minimum atomic E-state index is 0.107. The molecule has 2 rings (SSSR count). The Bertz CT molecular complexity index is 498. The molecule has 2 heterocycles. The molecule has 0 saturated carbocycles. The number of hydrogen-bond donors (Lipinski definition) is 3. The molecule has 1 atom stereocenters. The van der Waals surface area contributed by atoms with Gasteiger partial charge in [0.15, 0.2) is 0 Å². The summed E-state index contributed by atoms with van der Waals surface area (Å²) in [4.78, 5) is 12.6. The predicted molar refractivity (Wildman–Crippen MR) is 73.4 cm³/mol. The second-order valence-electron chi connectivity index (χ2n) is 3.78. The lowest BCUT2D eigenvalue weighted by molar-refractivity contribution is 0.850. The number of nitrogens with two attached hydrogens (primary N) is 1. The number of aromatic nitrogens is 3. The second-order valence-corrected chi connectivity index (χ2v) is 4.71. The normalized spacial score (nSPS) is 12.2. The molecule has 0 radical (unpaired) electrons. The maximum absolute atomic E-state index is 5.44. The summed E-state index contributed by atoms with van der Waals surface area (Å²) < 4.78 is 0. The van der Waals surface area contributed by atoms with Gasteiger partial charge < -0.3 is 10.7 Å². The first-order valence-electron chi connectivity index (χ1n) is 5.72. The Morgan fingerprint density at radius 3 is 2.72 bits per heavy atom. The summed E-state index contributed by atoms with van der Waals surface area (Å²) in [5.74, 6) is 6.89. The molecule has 0 saturated heterocycles. The first-order valence-corrected chi connectivity index (χ1v) is 6.60. The number of nitrogens with zero attached hydrogens (tertiary/aromatic N) is 3. The summed E-state index contributed by atoms with van der Waals surface area (Å²) in [6.07, 6.45) is 4.09. The van der Waals surface area contributed by atoms with Crippen LogP contribution in [0.2, 0.25) is 0 Å².